The first-order valence-electron chi connectivity index (χ1n) is 6.17. The Morgan fingerprint density at radius 3 is 2.42 bits per heavy atom. The van der Waals surface area contributed by atoms with Crippen LogP contribution in [0, 0.1) is 6.92 Å². The molecule has 1 aromatic carbocycles. The normalized spacial score (nSPS) is 13.4. The van der Waals surface area contributed by atoms with Crippen molar-refractivity contribution < 1.29 is 9.90 Å². The van der Waals surface area contributed by atoms with Gasteiger partial charge >= 0.3 is 5.97 Å². The van der Waals surface area contributed by atoms with Crippen LogP contribution in [0.15, 0.2) is 36.5 Å². The molecule has 4 heteroatoms. The maximum Gasteiger partial charge on any atom is 0.339 e. The molecule has 1 N–H and O–H groups in total. The second-order valence-electron chi connectivity index (χ2n) is 4.76. The van der Waals surface area contributed by atoms with Gasteiger partial charge in [0.15, 0.2) is 0 Å². The van der Waals surface area contributed by atoms with Gasteiger partial charge in [-0.2, -0.15) is 0 Å². The molecule has 1 aliphatic rings. The largest absolute Gasteiger partial charge is 0.478 e. The highest BCUT2D eigenvalue weighted by Gasteiger charge is 2.24. The fourth-order valence-corrected chi connectivity index (χ4v) is 2.53. The lowest BCUT2D eigenvalue weighted by atomic mass is 10.1. The van der Waals surface area contributed by atoms with Crippen molar-refractivity contribution in [2.24, 2.45) is 0 Å². The van der Waals surface area contributed by atoms with Crippen LogP contribution in [0.25, 0.3) is 0 Å². The highest BCUT2D eigenvalue weighted by atomic mass is 16.4. The Labute approximate surface area is 111 Å². The number of carboxylic acids is 1. The average Bonchev–Trinajstić information content (AvgIpc) is 2.81. The van der Waals surface area contributed by atoms with Gasteiger partial charge < -0.3 is 10.0 Å². The van der Waals surface area contributed by atoms with E-state index in [9.17, 15) is 9.90 Å². The lowest BCUT2D eigenvalue weighted by molar-refractivity contribution is 0.0696. The topological polar surface area (TPSA) is 53.4 Å². The van der Waals surface area contributed by atoms with Gasteiger partial charge in [0.1, 0.15) is 11.4 Å². The van der Waals surface area contributed by atoms with Crippen LogP contribution in [-0.4, -0.2) is 16.1 Å². The summed E-state index contributed by atoms with van der Waals surface area (Å²) in [5, 5.41) is 9.36. The van der Waals surface area contributed by atoms with Gasteiger partial charge in [0.25, 0.3) is 0 Å². The van der Waals surface area contributed by atoms with Crippen molar-refractivity contribution in [3.05, 3.63) is 58.8 Å². The predicted octanol–water partition coefficient (Wildman–Crippen LogP) is 2.61. The van der Waals surface area contributed by atoms with Crippen molar-refractivity contribution in [1.82, 2.24) is 4.98 Å². The molecule has 0 amide bonds. The molecule has 2 heterocycles. The van der Waals surface area contributed by atoms with Crippen molar-refractivity contribution in [1.29, 1.82) is 0 Å². The summed E-state index contributed by atoms with van der Waals surface area (Å²) in [5.74, 6) is -0.361. The molecule has 0 radical (unpaired) electrons. The number of hydrogen-bond acceptors (Lipinski definition) is 3. The van der Waals surface area contributed by atoms with E-state index in [1.54, 1.807) is 19.2 Å². The van der Waals surface area contributed by atoms with E-state index in [4.69, 9.17) is 0 Å². The van der Waals surface area contributed by atoms with E-state index in [-0.39, 0.29) is 0 Å². The number of anilines is 1. The minimum absolute atomic E-state index is 0.301. The molecule has 0 atom stereocenters. The SMILES string of the molecule is Cc1ccnc(N2Cc3ccccc3C2)c1C(=O)O. The third-order valence-electron chi connectivity index (χ3n) is 3.49. The number of nitrogens with zero attached hydrogens (tertiary/aromatic N) is 2. The zero-order valence-corrected chi connectivity index (χ0v) is 10.6. The van der Waals surface area contributed by atoms with Crippen LogP contribution in [0.1, 0.15) is 27.0 Å². The Balaban J connectivity index is 2.02. The van der Waals surface area contributed by atoms with Crippen LogP contribution in [-0.2, 0) is 13.1 Å². The Kier molecular flexibility index (Phi) is 2.71. The number of carboxylic acid groups (broad SMARTS) is 1. The minimum Gasteiger partial charge on any atom is -0.478 e. The molecule has 4 nitrogen and oxygen atoms in total. The number of carbonyl (C=O) groups is 1. The van der Waals surface area contributed by atoms with E-state index in [1.165, 1.54) is 11.1 Å². The summed E-state index contributed by atoms with van der Waals surface area (Å²) in [7, 11) is 0. The van der Waals surface area contributed by atoms with Gasteiger partial charge in [-0.15, -0.1) is 0 Å². The van der Waals surface area contributed by atoms with Gasteiger partial charge in [0.05, 0.1) is 0 Å². The first-order chi connectivity index (χ1) is 9.16. The lowest BCUT2D eigenvalue weighted by Gasteiger charge is -2.19. The third-order valence-corrected chi connectivity index (χ3v) is 3.49. The maximum absolute atomic E-state index is 11.4. The Morgan fingerprint density at radius 2 is 1.84 bits per heavy atom. The van der Waals surface area contributed by atoms with Crippen LogP contribution in [0.2, 0.25) is 0 Å². The molecule has 0 saturated heterocycles. The van der Waals surface area contributed by atoms with E-state index in [2.05, 4.69) is 17.1 Å². The molecule has 0 spiro atoms. The number of aromatic carboxylic acids is 1. The summed E-state index contributed by atoms with van der Waals surface area (Å²) in [4.78, 5) is 17.7. The molecule has 0 aliphatic carbocycles. The molecule has 0 fully saturated rings. The zero-order chi connectivity index (χ0) is 13.4. The van der Waals surface area contributed by atoms with Gasteiger partial charge in [-0.1, -0.05) is 24.3 Å². The van der Waals surface area contributed by atoms with E-state index in [0.29, 0.717) is 24.5 Å². The zero-order valence-electron chi connectivity index (χ0n) is 10.6. The molecule has 1 aromatic heterocycles. The lowest BCUT2D eigenvalue weighted by Crippen LogP contribution is -2.20. The van der Waals surface area contributed by atoms with Gasteiger partial charge in [0, 0.05) is 19.3 Å². The fraction of sp³-hybridized carbons (Fsp3) is 0.200. The Hall–Kier alpha value is -2.36. The first kappa shape index (κ1) is 11.7. The third kappa shape index (κ3) is 1.95. The fourth-order valence-electron chi connectivity index (χ4n) is 2.53. The molecule has 0 saturated carbocycles. The summed E-state index contributed by atoms with van der Waals surface area (Å²) in [5.41, 5.74) is 3.52. The number of aromatic nitrogens is 1. The highest BCUT2D eigenvalue weighted by molar-refractivity contribution is 5.95. The van der Waals surface area contributed by atoms with Crippen LogP contribution in [0.4, 0.5) is 5.82 Å². The predicted molar refractivity (Wildman–Crippen MR) is 72.3 cm³/mol. The number of pyridine rings is 1. The van der Waals surface area contributed by atoms with Crippen molar-refractivity contribution in [2.75, 3.05) is 4.90 Å². The van der Waals surface area contributed by atoms with E-state index < -0.39 is 5.97 Å². The van der Waals surface area contributed by atoms with Crippen LogP contribution in [0.5, 0.6) is 0 Å². The standard InChI is InChI=1S/C15H14N2O2/c1-10-6-7-16-14(13(10)15(18)19)17-8-11-4-2-3-5-12(11)9-17/h2-7H,8-9H2,1H3,(H,18,19). The average molecular weight is 254 g/mol. The van der Waals surface area contributed by atoms with Crippen LogP contribution in [0.3, 0.4) is 0 Å². The molecule has 2 aromatic rings. The number of fused-ring (bicyclic) bond motifs is 1. The summed E-state index contributed by atoms with van der Waals surface area (Å²) in [6.07, 6.45) is 1.67. The van der Waals surface area contributed by atoms with Crippen molar-refractivity contribution in [3.63, 3.8) is 0 Å². The molecule has 96 valence electrons. The van der Waals surface area contributed by atoms with E-state index >= 15 is 0 Å². The van der Waals surface area contributed by atoms with Gasteiger partial charge in [0.2, 0.25) is 0 Å². The summed E-state index contributed by atoms with van der Waals surface area (Å²) < 4.78 is 0. The second-order valence-corrected chi connectivity index (χ2v) is 4.76. The van der Waals surface area contributed by atoms with Gasteiger partial charge in [-0.05, 0) is 29.7 Å². The summed E-state index contributed by atoms with van der Waals surface area (Å²) in [6, 6.07) is 9.89. The van der Waals surface area contributed by atoms with Crippen molar-refractivity contribution >= 4 is 11.8 Å². The van der Waals surface area contributed by atoms with Crippen molar-refractivity contribution in [3.8, 4) is 0 Å². The van der Waals surface area contributed by atoms with E-state index in [0.717, 1.165) is 5.56 Å². The Bertz CT molecular complexity index is 627. The number of rotatable bonds is 2. The number of benzene rings is 1. The quantitative estimate of drug-likeness (QED) is 0.895. The molecule has 1 aliphatic heterocycles. The van der Waals surface area contributed by atoms with Crippen LogP contribution < -0.4 is 4.90 Å². The maximum atomic E-state index is 11.4. The number of hydrogen-bond donors (Lipinski definition) is 1. The van der Waals surface area contributed by atoms with Gasteiger partial charge in [-0.3, -0.25) is 0 Å². The van der Waals surface area contributed by atoms with E-state index in [1.807, 2.05) is 17.0 Å². The second kappa shape index (κ2) is 4.39. The molecular weight excluding hydrogens is 240 g/mol. The molecule has 3 rings (SSSR count). The highest BCUT2D eigenvalue weighted by Crippen LogP contribution is 2.30. The summed E-state index contributed by atoms with van der Waals surface area (Å²) >= 11 is 0. The molecule has 0 bridgehead atoms. The molecule has 19 heavy (non-hydrogen) atoms. The Morgan fingerprint density at radius 1 is 1.21 bits per heavy atom. The number of aryl methyl sites for hydroxylation is 1. The molecular formula is C15H14N2O2. The minimum atomic E-state index is -0.920. The smallest absolute Gasteiger partial charge is 0.339 e. The first-order valence-corrected chi connectivity index (χ1v) is 6.17. The van der Waals surface area contributed by atoms with Gasteiger partial charge in [-0.25, -0.2) is 9.78 Å². The van der Waals surface area contributed by atoms with Crippen molar-refractivity contribution in [2.45, 2.75) is 20.0 Å². The molecule has 0 unspecified atom stereocenters. The summed E-state index contributed by atoms with van der Waals surface area (Å²) in [6.45, 7) is 3.23. The van der Waals surface area contributed by atoms with Crippen LogP contribution >= 0.6 is 0 Å². The monoisotopic (exact) mass is 254 g/mol.